The van der Waals surface area contributed by atoms with Crippen molar-refractivity contribution in [2.24, 2.45) is 5.92 Å². The Kier molecular flexibility index (Phi) is 5.61. The quantitative estimate of drug-likeness (QED) is 0.718. The number of nitrogens with zero attached hydrogens (tertiary/aromatic N) is 1. The van der Waals surface area contributed by atoms with E-state index in [1.165, 1.54) is 12.1 Å². The number of rotatable bonds is 3. The van der Waals surface area contributed by atoms with Crippen LogP contribution in [0.25, 0.3) is 0 Å². The van der Waals surface area contributed by atoms with Gasteiger partial charge in [0.1, 0.15) is 5.75 Å². The molecule has 2 aromatic rings. The Morgan fingerprint density at radius 1 is 1.12 bits per heavy atom. The van der Waals surface area contributed by atoms with Gasteiger partial charge >= 0.3 is 6.03 Å². The zero-order valence-corrected chi connectivity index (χ0v) is 16.1. The molecule has 26 heavy (non-hydrogen) atoms. The summed E-state index contributed by atoms with van der Waals surface area (Å²) in [6, 6.07) is 11.9. The second-order valence-electron chi connectivity index (χ2n) is 6.56. The lowest BCUT2D eigenvalue weighted by Gasteiger charge is -2.31. The molecule has 1 aliphatic heterocycles. The number of phenols is 1. The molecule has 0 unspecified atom stereocenters. The third-order valence-corrected chi connectivity index (χ3v) is 5.23. The largest absolute Gasteiger partial charge is 0.508 e. The molecule has 1 saturated heterocycles. The minimum absolute atomic E-state index is 0.0776. The molecule has 1 heterocycles. The van der Waals surface area contributed by atoms with Crippen LogP contribution < -0.4 is 5.32 Å². The van der Waals surface area contributed by atoms with Crippen LogP contribution in [-0.4, -0.2) is 34.9 Å². The Morgan fingerprint density at radius 2 is 1.77 bits per heavy atom. The van der Waals surface area contributed by atoms with Crippen LogP contribution in [-0.2, 0) is 0 Å². The third-order valence-electron chi connectivity index (χ3n) is 4.73. The maximum atomic E-state index is 12.5. The summed E-state index contributed by atoms with van der Waals surface area (Å²) in [7, 11) is 0. The lowest BCUT2D eigenvalue weighted by molar-refractivity contribution is 0.0859. The normalized spacial score (nSPS) is 14.9. The van der Waals surface area contributed by atoms with E-state index in [0.29, 0.717) is 31.5 Å². The summed E-state index contributed by atoms with van der Waals surface area (Å²) in [6.07, 6.45) is 1.29. The number of benzene rings is 2. The predicted molar refractivity (Wildman–Crippen MR) is 105 cm³/mol. The Hall–Kier alpha value is -2.34. The van der Waals surface area contributed by atoms with Crippen molar-refractivity contribution in [2.75, 3.05) is 18.4 Å². The Morgan fingerprint density at radius 3 is 2.38 bits per heavy atom. The van der Waals surface area contributed by atoms with Crippen molar-refractivity contribution in [1.29, 1.82) is 0 Å². The molecular weight excluding hydrogens is 396 g/mol. The summed E-state index contributed by atoms with van der Waals surface area (Å²) >= 11 is 3.41. The van der Waals surface area contributed by atoms with E-state index in [4.69, 9.17) is 0 Å². The van der Waals surface area contributed by atoms with E-state index in [9.17, 15) is 14.7 Å². The van der Waals surface area contributed by atoms with Crippen molar-refractivity contribution < 1.29 is 14.7 Å². The molecule has 1 aliphatic rings. The van der Waals surface area contributed by atoms with Gasteiger partial charge in [-0.2, -0.15) is 0 Å². The van der Waals surface area contributed by atoms with E-state index in [1.807, 2.05) is 25.1 Å². The first-order valence-electron chi connectivity index (χ1n) is 8.59. The van der Waals surface area contributed by atoms with E-state index in [2.05, 4.69) is 21.2 Å². The van der Waals surface area contributed by atoms with E-state index in [1.54, 1.807) is 17.0 Å². The van der Waals surface area contributed by atoms with Crippen molar-refractivity contribution in [3.05, 3.63) is 58.1 Å². The fourth-order valence-corrected chi connectivity index (χ4v) is 3.64. The minimum atomic E-state index is -0.133. The molecule has 0 bridgehead atoms. The van der Waals surface area contributed by atoms with Gasteiger partial charge in [0.25, 0.3) is 0 Å². The third kappa shape index (κ3) is 4.25. The van der Waals surface area contributed by atoms with Crippen LogP contribution in [0.4, 0.5) is 10.5 Å². The molecule has 3 rings (SSSR count). The Bertz CT molecular complexity index is 812. The standard InChI is InChI=1S/C20H21BrN2O3/c1-13-12-16(21)4-7-18(13)22-20(26)23-10-8-15(9-11-23)19(25)14-2-5-17(24)6-3-14/h2-7,12,15,24H,8-11H2,1H3,(H,22,26). The smallest absolute Gasteiger partial charge is 0.321 e. The molecule has 136 valence electrons. The molecule has 0 aliphatic carbocycles. The number of aryl methyl sites for hydroxylation is 1. The highest BCUT2D eigenvalue weighted by Gasteiger charge is 2.28. The van der Waals surface area contributed by atoms with Gasteiger partial charge in [0.15, 0.2) is 5.78 Å². The summed E-state index contributed by atoms with van der Waals surface area (Å²) in [5, 5.41) is 12.3. The van der Waals surface area contributed by atoms with E-state index in [0.717, 1.165) is 15.7 Å². The van der Waals surface area contributed by atoms with E-state index < -0.39 is 0 Å². The Labute approximate surface area is 161 Å². The van der Waals surface area contributed by atoms with Gasteiger partial charge in [-0.15, -0.1) is 0 Å². The number of urea groups is 1. The van der Waals surface area contributed by atoms with Crippen molar-refractivity contribution in [3.8, 4) is 5.75 Å². The number of halogens is 1. The zero-order chi connectivity index (χ0) is 18.7. The molecule has 0 spiro atoms. The van der Waals surface area contributed by atoms with Crippen molar-refractivity contribution in [1.82, 2.24) is 4.90 Å². The fraction of sp³-hybridized carbons (Fsp3) is 0.300. The van der Waals surface area contributed by atoms with Crippen LogP contribution in [0, 0.1) is 12.8 Å². The highest BCUT2D eigenvalue weighted by molar-refractivity contribution is 9.10. The second-order valence-corrected chi connectivity index (χ2v) is 7.48. The van der Waals surface area contributed by atoms with Crippen molar-refractivity contribution >= 4 is 33.4 Å². The van der Waals surface area contributed by atoms with Gasteiger partial charge < -0.3 is 15.3 Å². The zero-order valence-electron chi connectivity index (χ0n) is 14.5. The summed E-state index contributed by atoms with van der Waals surface area (Å²) < 4.78 is 0.974. The first-order chi connectivity index (χ1) is 12.4. The molecule has 2 aromatic carbocycles. The first kappa shape index (κ1) is 18.5. The number of aromatic hydroxyl groups is 1. The lowest BCUT2D eigenvalue weighted by Crippen LogP contribution is -2.42. The minimum Gasteiger partial charge on any atom is -0.508 e. The number of likely N-dealkylation sites (tertiary alicyclic amines) is 1. The summed E-state index contributed by atoms with van der Waals surface area (Å²) in [6.45, 7) is 3.05. The van der Waals surface area contributed by atoms with Crippen molar-refractivity contribution in [2.45, 2.75) is 19.8 Å². The number of nitrogens with one attached hydrogen (secondary N) is 1. The number of hydrogen-bond acceptors (Lipinski definition) is 3. The number of carbonyl (C=O) groups excluding carboxylic acids is 2. The molecule has 5 nitrogen and oxygen atoms in total. The molecule has 6 heteroatoms. The number of anilines is 1. The molecular formula is C20H21BrN2O3. The molecule has 0 atom stereocenters. The number of phenolic OH excluding ortho intramolecular Hbond substituents is 1. The van der Waals surface area contributed by atoms with Crippen LogP contribution in [0.1, 0.15) is 28.8 Å². The van der Waals surface area contributed by atoms with E-state index in [-0.39, 0.29) is 23.5 Å². The Balaban J connectivity index is 1.56. The van der Waals surface area contributed by atoms with Crippen LogP contribution in [0.5, 0.6) is 5.75 Å². The maximum absolute atomic E-state index is 12.5. The number of hydrogen-bond donors (Lipinski definition) is 2. The maximum Gasteiger partial charge on any atom is 0.321 e. The molecule has 0 radical (unpaired) electrons. The molecule has 0 saturated carbocycles. The highest BCUT2D eigenvalue weighted by atomic mass is 79.9. The lowest BCUT2D eigenvalue weighted by atomic mass is 9.89. The van der Waals surface area contributed by atoms with Crippen LogP contribution in [0.3, 0.4) is 0 Å². The van der Waals surface area contributed by atoms with Crippen molar-refractivity contribution in [3.63, 3.8) is 0 Å². The van der Waals surface area contributed by atoms with E-state index >= 15 is 0 Å². The molecule has 2 N–H and O–H groups in total. The molecule has 2 amide bonds. The SMILES string of the molecule is Cc1cc(Br)ccc1NC(=O)N1CCC(C(=O)c2ccc(O)cc2)CC1. The number of piperidine rings is 1. The first-order valence-corrected chi connectivity index (χ1v) is 9.38. The number of Topliss-reactive ketones (excluding diaryl/α,β-unsaturated/α-hetero) is 1. The van der Waals surface area contributed by atoms with Gasteiger partial charge in [0.05, 0.1) is 0 Å². The average molecular weight is 417 g/mol. The van der Waals surface area contributed by atoms with Gasteiger partial charge in [0, 0.05) is 34.7 Å². The van der Waals surface area contributed by atoms with Gasteiger partial charge in [-0.25, -0.2) is 4.79 Å². The van der Waals surface area contributed by atoms with Gasteiger partial charge in [-0.05, 0) is 67.8 Å². The van der Waals surface area contributed by atoms with Gasteiger partial charge in [0.2, 0.25) is 0 Å². The average Bonchev–Trinajstić information content (AvgIpc) is 2.64. The number of amides is 2. The number of carbonyl (C=O) groups is 2. The van der Waals surface area contributed by atoms with Crippen LogP contribution in [0.2, 0.25) is 0 Å². The summed E-state index contributed by atoms with van der Waals surface area (Å²) in [5.74, 6) is 0.142. The second kappa shape index (κ2) is 7.91. The molecule has 1 fully saturated rings. The number of ketones is 1. The summed E-state index contributed by atoms with van der Waals surface area (Å²) in [4.78, 5) is 26.8. The predicted octanol–water partition coefficient (Wildman–Crippen LogP) is 4.59. The van der Waals surface area contributed by atoms with Gasteiger partial charge in [-0.3, -0.25) is 4.79 Å². The monoisotopic (exact) mass is 416 g/mol. The highest BCUT2D eigenvalue weighted by Crippen LogP contribution is 2.24. The topological polar surface area (TPSA) is 69.6 Å². The fourth-order valence-electron chi connectivity index (χ4n) is 3.17. The van der Waals surface area contributed by atoms with Crippen LogP contribution >= 0.6 is 15.9 Å². The molecule has 0 aromatic heterocycles. The van der Waals surface area contributed by atoms with Gasteiger partial charge in [-0.1, -0.05) is 15.9 Å². The summed E-state index contributed by atoms with van der Waals surface area (Å²) in [5.41, 5.74) is 2.39. The van der Waals surface area contributed by atoms with Crippen LogP contribution in [0.15, 0.2) is 46.9 Å².